The van der Waals surface area contributed by atoms with Gasteiger partial charge >= 0.3 is 0 Å². The number of rotatable bonds is 3. The third-order valence-electron chi connectivity index (χ3n) is 2.82. The van der Waals surface area contributed by atoms with Crippen molar-refractivity contribution >= 4 is 61.1 Å². The molecule has 0 bridgehead atoms. The molecule has 0 aliphatic carbocycles. The largest absolute Gasteiger partial charge is 0.506 e. The van der Waals surface area contributed by atoms with Crippen LogP contribution in [0.5, 0.6) is 5.75 Å². The van der Waals surface area contributed by atoms with Crippen molar-refractivity contribution in [3.8, 4) is 11.8 Å². The maximum absolute atomic E-state index is 12.2. The molecule has 0 saturated heterocycles. The zero-order valence-electron chi connectivity index (χ0n) is 11.5. The van der Waals surface area contributed by atoms with E-state index in [1.807, 2.05) is 6.07 Å². The Kier molecular flexibility index (Phi) is 5.83. The molecule has 2 N–H and O–H groups in total. The first-order valence-electron chi connectivity index (χ1n) is 6.27. The van der Waals surface area contributed by atoms with E-state index >= 15 is 0 Å². The van der Waals surface area contributed by atoms with Crippen LogP contribution < -0.4 is 5.32 Å². The van der Waals surface area contributed by atoms with Crippen molar-refractivity contribution in [3.05, 3.63) is 61.5 Å². The molecule has 0 saturated carbocycles. The zero-order valence-corrected chi connectivity index (χ0v) is 15.4. The predicted molar refractivity (Wildman–Crippen MR) is 97.2 cm³/mol. The molecule has 0 heterocycles. The molecule has 116 valence electrons. The van der Waals surface area contributed by atoms with E-state index in [2.05, 4.69) is 37.2 Å². The molecule has 0 aliphatic rings. The number of phenols is 1. The average molecular weight is 457 g/mol. The summed E-state index contributed by atoms with van der Waals surface area (Å²) in [6, 6.07) is 11.6. The number of benzene rings is 2. The van der Waals surface area contributed by atoms with E-state index in [9.17, 15) is 15.2 Å². The Hall–Kier alpha value is -1.81. The molecule has 0 aliphatic heterocycles. The van der Waals surface area contributed by atoms with Crippen LogP contribution in [0.25, 0.3) is 6.08 Å². The lowest BCUT2D eigenvalue weighted by Crippen LogP contribution is -2.13. The van der Waals surface area contributed by atoms with Gasteiger partial charge in [0.2, 0.25) is 0 Å². The first kappa shape index (κ1) is 17.5. The highest BCUT2D eigenvalue weighted by atomic mass is 79.9. The maximum atomic E-state index is 12.2. The molecule has 2 rings (SSSR count). The highest BCUT2D eigenvalue weighted by molar-refractivity contribution is 9.11. The van der Waals surface area contributed by atoms with Crippen molar-refractivity contribution in [3.63, 3.8) is 0 Å². The third kappa shape index (κ3) is 4.58. The summed E-state index contributed by atoms with van der Waals surface area (Å²) >= 11 is 12.2. The maximum Gasteiger partial charge on any atom is 0.266 e. The SMILES string of the molecule is N#C/C(=C/c1cc(Br)c(O)c(Br)c1)C(=O)Nc1ccc(Cl)cc1. The summed E-state index contributed by atoms with van der Waals surface area (Å²) in [6.07, 6.45) is 1.43. The number of halogens is 3. The fourth-order valence-electron chi connectivity index (χ4n) is 1.72. The second-order valence-corrected chi connectivity index (χ2v) is 6.61. The molecule has 2 aromatic rings. The summed E-state index contributed by atoms with van der Waals surface area (Å²) in [6.45, 7) is 0. The Labute approximate surface area is 154 Å². The minimum Gasteiger partial charge on any atom is -0.506 e. The van der Waals surface area contributed by atoms with Crippen molar-refractivity contribution in [1.29, 1.82) is 5.26 Å². The van der Waals surface area contributed by atoms with Crippen LogP contribution in [-0.2, 0) is 4.79 Å². The van der Waals surface area contributed by atoms with Gasteiger partial charge in [0.1, 0.15) is 17.4 Å². The zero-order chi connectivity index (χ0) is 17.0. The van der Waals surface area contributed by atoms with E-state index in [4.69, 9.17) is 11.6 Å². The Morgan fingerprint density at radius 3 is 2.30 bits per heavy atom. The number of nitriles is 1. The molecule has 0 atom stereocenters. The second-order valence-electron chi connectivity index (χ2n) is 4.46. The topological polar surface area (TPSA) is 73.1 Å². The fourth-order valence-corrected chi connectivity index (χ4v) is 3.06. The summed E-state index contributed by atoms with van der Waals surface area (Å²) in [5, 5.41) is 22.1. The number of hydrogen-bond acceptors (Lipinski definition) is 3. The van der Waals surface area contributed by atoms with E-state index < -0.39 is 5.91 Å². The molecule has 1 amide bonds. The van der Waals surface area contributed by atoms with Gasteiger partial charge < -0.3 is 10.4 Å². The highest BCUT2D eigenvalue weighted by Crippen LogP contribution is 2.34. The number of nitrogens with zero attached hydrogens (tertiary/aromatic N) is 1. The van der Waals surface area contributed by atoms with Gasteiger partial charge in [-0.1, -0.05) is 11.6 Å². The Morgan fingerprint density at radius 2 is 1.78 bits per heavy atom. The molecule has 23 heavy (non-hydrogen) atoms. The van der Waals surface area contributed by atoms with Crippen LogP contribution in [0, 0.1) is 11.3 Å². The summed E-state index contributed by atoms with van der Waals surface area (Å²) < 4.78 is 0.905. The number of hydrogen-bond donors (Lipinski definition) is 2. The van der Waals surface area contributed by atoms with Gasteiger partial charge in [0, 0.05) is 10.7 Å². The van der Waals surface area contributed by atoms with E-state index in [0.717, 1.165) is 0 Å². The van der Waals surface area contributed by atoms with E-state index in [0.29, 0.717) is 25.2 Å². The van der Waals surface area contributed by atoms with Gasteiger partial charge in [-0.15, -0.1) is 0 Å². The molecule has 7 heteroatoms. The standard InChI is InChI=1S/C16H9Br2ClN2O2/c17-13-6-9(7-14(18)15(13)22)5-10(8-20)16(23)21-12-3-1-11(19)2-4-12/h1-7,22H,(H,21,23)/b10-5-. The molecular weight excluding hydrogens is 447 g/mol. The molecule has 0 spiro atoms. The van der Waals surface area contributed by atoms with Crippen LogP contribution in [-0.4, -0.2) is 11.0 Å². The quantitative estimate of drug-likeness (QED) is 0.498. The van der Waals surface area contributed by atoms with Gasteiger partial charge in [0.15, 0.2) is 0 Å². The summed E-state index contributed by atoms with van der Waals surface area (Å²) in [5.41, 5.74) is 1.06. The number of nitrogens with one attached hydrogen (secondary N) is 1. The van der Waals surface area contributed by atoms with E-state index in [1.165, 1.54) is 6.08 Å². The van der Waals surface area contributed by atoms with Crippen LogP contribution in [0.3, 0.4) is 0 Å². The normalized spacial score (nSPS) is 11.0. The van der Waals surface area contributed by atoms with Gasteiger partial charge in [0.05, 0.1) is 8.95 Å². The Bertz CT molecular complexity index is 804. The smallest absolute Gasteiger partial charge is 0.266 e. The molecule has 0 unspecified atom stereocenters. The molecule has 0 radical (unpaired) electrons. The monoisotopic (exact) mass is 454 g/mol. The van der Waals surface area contributed by atoms with Crippen LogP contribution in [0.2, 0.25) is 5.02 Å². The first-order chi connectivity index (χ1) is 10.9. The summed E-state index contributed by atoms with van der Waals surface area (Å²) in [7, 11) is 0. The van der Waals surface area contributed by atoms with E-state index in [-0.39, 0.29) is 11.3 Å². The summed E-state index contributed by atoms with van der Waals surface area (Å²) in [4.78, 5) is 12.2. The van der Waals surface area contributed by atoms with E-state index in [1.54, 1.807) is 36.4 Å². The number of carbonyl (C=O) groups excluding carboxylic acids is 1. The lowest BCUT2D eigenvalue weighted by molar-refractivity contribution is -0.112. The van der Waals surface area contributed by atoms with Crippen molar-refractivity contribution in [2.45, 2.75) is 0 Å². The summed E-state index contributed by atoms with van der Waals surface area (Å²) in [5.74, 6) is -0.485. The predicted octanol–water partition coefficient (Wildman–Crippen LogP) is 5.12. The van der Waals surface area contributed by atoms with Crippen molar-refractivity contribution in [1.82, 2.24) is 0 Å². The molecule has 2 aromatic carbocycles. The van der Waals surface area contributed by atoms with Crippen molar-refractivity contribution < 1.29 is 9.90 Å². The number of anilines is 1. The lowest BCUT2D eigenvalue weighted by Gasteiger charge is -2.05. The fraction of sp³-hybridized carbons (Fsp3) is 0. The van der Waals surface area contributed by atoms with Crippen LogP contribution >= 0.6 is 43.5 Å². The molecule has 0 aromatic heterocycles. The minimum atomic E-state index is -0.532. The Morgan fingerprint density at radius 1 is 1.22 bits per heavy atom. The highest BCUT2D eigenvalue weighted by Gasteiger charge is 2.11. The number of aromatic hydroxyl groups is 1. The lowest BCUT2D eigenvalue weighted by atomic mass is 10.1. The average Bonchev–Trinajstić information content (AvgIpc) is 2.52. The van der Waals surface area contributed by atoms with Crippen molar-refractivity contribution in [2.75, 3.05) is 5.32 Å². The number of amides is 1. The Balaban J connectivity index is 2.26. The molecule has 4 nitrogen and oxygen atoms in total. The number of carbonyl (C=O) groups is 1. The minimum absolute atomic E-state index is 0.0475. The molecular formula is C16H9Br2ClN2O2. The van der Waals surface area contributed by atoms with Gasteiger partial charge in [0.25, 0.3) is 5.91 Å². The molecule has 0 fully saturated rings. The number of phenolic OH excluding ortho intramolecular Hbond substituents is 1. The van der Waals surface area contributed by atoms with Gasteiger partial charge in [-0.2, -0.15) is 5.26 Å². The van der Waals surface area contributed by atoms with Crippen LogP contribution in [0.4, 0.5) is 5.69 Å². The van der Waals surface area contributed by atoms with Crippen LogP contribution in [0.1, 0.15) is 5.56 Å². The van der Waals surface area contributed by atoms with Crippen molar-refractivity contribution in [2.24, 2.45) is 0 Å². The van der Waals surface area contributed by atoms with Gasteiger partial charge in [-0.25, -0.2) is 0 Å². The van der Waals surface area contributed by atoms with Gasteiger partial charge in [-0.3, -0.25) is 4.79 Å². The van der Waals surface area contributed by atoms with Gasteiger partial charge in [-0.05, 0) is 79.9 Å². The second kappa shape index (κ2) is 7.64. The third-order valence-corrected chi connectivity index (χ3v) is 4.28. The first-order valence-corrected chi connectivity index (χ1v) is 8.24. The van der Waals surface area contributed by atoms with Crippen LogP contribution in [0.15, 0.2) is 50.9 Å².